The maximum absolute atomic E-state index is 12.1. The monoisotopic (exact) mass is 342 g/mol. The highest BCUT2D eigenvalue weighted by molar-refractivity contribution is 5.96. The van der Waals surface area contributed by atoms with Crippen molar-refractivity contribution in [1.29, 1.82) is 0 Å². The predicted octanol–water partition coefficient (Wildman–Crippen LogP) is 2.31. The van der Waals surface area contributed by atoms with E-state index in [9.17, 15) is 9.59 Å². The lowest BCUT2D eigenvalue weighted by Crippen LogP contribution is -2.33. The Labute approximate surface area is 147 Å². The number of rotatable bonds is 7. The first-order chi connectivity index (χ1) is 12.0. The number of nitrogens with one attached hydrogen (secondary N) is 2. The number of ether oxygens (including phenoxy) is 2. The summed E-state index contributed by atoms with van der Waals surface area (Å²) in [5.74, 6) is 0.638. The number of benzene rings is 2. The van der Waals surface area contributed by atoms with Crippen LogP contribution in [0.3, 0.4) is 0 Å². The van der Waals surface area contributed by atoms with Crippen LogP contribution in [0.25, 0.3) is 0 Å². The summed E-state index contributed by atoms with van der Waals surface area (Å²) in [4.78, 5) is 24.1. The summed E-state index contributed by atoms with van der Waals surface area (Å²) in [5.41, 5.74) is 2.34. The minimum Gasteiger partial charge on any atom is -0.496 e. The summed E-state index contributed by atoms with van der Waals surface area (Å²) >= 11 is 0. The van der Waals surface area contributed by atoms with Crippen molar-refractivity contribution in [2.75, 3.05) is 26.1 Å². The van der Waals surface area contributed by atoms with Crippen molar-refractivity contribution in [2.45, 2.75) is 13.3 Å². The second-order valence-corrected chi connectivity index (χ2v) is 5.52. The van der Waals surface area contributed by atoms with Crippen LogP contribution in [0.5, 0.6) is 11.5 Å². The molecule has 25 heavy (non-hydrogen) atoms. The molecule has 0 aromatic heterocycles. The average molecular weight is 342 g/mol. The molecule has 6 heteroatoms. The van der Waals surface area contributed by atoms with E-state index in [1.54, 1.807) is 19.2 Å². The highest BCUT2D eigenvalue weighted by Crippen LogP contribution is 2.25. The number of anilines is 1. The number of hydrogen-bond donors (Lipinski definition) is 2. The van der Waals surface area contributed by atoms with Gasteiger partial charge in [0.05, 0.1) is 32.9 Å². The molecule has 0 radical (unpaired) electrons. The largest absolute Gasteiger partial charge is 0.496 e. The quantitative estimate of drug-likeness (QED) is 0.809. The van der Waals surface area contributed by atoms with Gasteiger partial charge in [-0.15, -0.1) is 0 Å². The van der Waals surface area contributed by atoms with Crippen LogP contribution in [-0.4, -0.2) is 32.6 Å². The first-order valence-corrected chi connectivity index (χ1v) is 7.86. The third kappa shape index (κ3) is 5.24. The Morgan fingerprint density at radius 2 is 1.68 bits per heavy atom. The van der Waals surface area contributed by atoms with Crippen molar-refractivity contribution in [1.82, 2.24) is 5.32 Å². The van der Waals surface area contributed by atoms with Gasteiger partial charge >= 0.3 is 0 Å². The number of carbonyl (C=O) groups excluding carboxylic acids is 2. The van der Waals surface area contributed by atoms with Crippen LogP contribution in [0.4, 0.5) is 5.69 Å². The fourth-order valence-electron chi connectivity index (χ4n) is 2.38. The molecule has 0 aliphatic heterocycles. The molecule has 0 atom stereocenters. The Kier molecular flexibility index (Phi) is 6.39. The number of carbonyl (C=O) groups is 2. The Hall–Kier alpha value is -3.02. The van der Waals surface area contributed by atoms with Crippen molar-refractivity contribution in [3.63, 3.8) is 0 Å². The summed E-state index contributed by atoms with van der Waals surface area (Å²) in [5, 5.41) is 5.35. The van der Waals surface area contributed by atoms with E-state index in [0.29, 0.717) is 17.2 Å². The number of aryl methyl sites for hydroxylation is 1. The van der Waals surface area contributed by atoms with Crippen LogP contribution in [0.15, 0.2) is 42.5 Å². The number of para-hydroxylation sites is 1. The number of methoxy groups -OCH3 is 2. The summed E-state index contributed by atoms with van der Waals surface area (Å²) < 4.78 is 10.4. The van der Waals surface area contributed by atoms with Gasteiger partial charge in [0.15, 0.2) is 0 Å². The van der Waals surface area contributed by atoms with Gasteiger partial charge in [-0.3, -0.25) is 9.59 Å². The lowest BCUT2D eigenvalue weighted by molar-refractivity contribution is -0.123. The molecule has 0 aliphatic carbocycles. The lowest BCUT2D eigenvalue weighted by Gasteiger charge is -2.12. The molecule has 0 spiro atoms. The van der Waals surface area contributed by atoms with E-state index in [2.05, 4.69) is 10.6 Å². The Bertz CT molecular complexity index is 759. The van der Waals surface area contributed by atoms with Crippen molar-refractivity contribution >= 4 is 17.5 Å². The highest BCUT2D eigenvalue weighted by atomic mass is 16.5. The molecular formula is C19H22N2O4. The molecule has 0 heterocycles. The van der Waals surface area contributed by atoms with Gasteiger partial charge in [0, 0.05) is 5.56 Å². The van der Waals surface area contributed by atoms with E-state index >= 15 is 0 Å². The number of amides is 2. The van der Waals surface area contributed by atoms with E-state index < -0.39 is 0 Å². The maximum atomic E-state index is 12.1. The summed E-state index contributed by atoms with van der Waals surface area (Å²) in [6, 6.07) is 12.8. The van der Waals surface area contributed by atoms with Gasteiger partial charge in [0.1, 0.15) is 11.5 Å². The van der Waals surface area contributed by atoms with Gasteiger partial charge < -0.3 is 20.1 Å². The SMILES string of the molecule is COc1ccccc1CC(=O)NCC(=O)Nc1cc(C)ccc1OC. The molecule has 0 saturated heterocycles. The zero-order valence-corrected chi connectivity index (χ0v) is 14.6. The lowest BCUT2D eigenvalue weighted by atomic mass is 10.1. The molecule has 0 saturated carbocycles. The van der Waals surface area contributed by atoms with Gasteiger partial charge in [-0.25, -0.2) is 0 Å². The van der Waals surface area contributed by atoms with Crippen LogP contribution in [-0.2, 0) is 16.0 Å². The normalized spacial score (nSPS) is 10.0. The zero-order valence-electron chi connectivity index (χ0n) is 14.6. The first-order valence-electron chi connectivity index (χ1n) is 7.86. The van der Waals surface area contributed by atoms with Crippen LogP contribution in [0.2, 0.25) is 0 Å². The van der Waals surface area contributed by atoms with Crippen molar-refractivity contribution < 1.29 is 19.1 Å². The molecule has 2 rings (SSSR count). The van der Waals surface area contributed by atoms with Gasteiger partial charge in [-0.1, -0.05) is 24.3 Å². The van der Waals surface area contributed by atoms with Crippen LogP contribution < -0.4 is 20.1 Å². The molecule has 2 amide bonds. The van der Waals surface area contributed by atoms with E-state index in [0.717, 1.165) is 11.1 Å². The molecule has 0 bridgehead atoms. The third-order valence-electron chi connectivity index (χ3n) is 3.62. The summed E-state index contributed by atoms with van der Waals surface area (Å²) in [7, 11) is 3.09. The van der Waals surface area contributed by atoms with Gasteiger partial charge in [0.25, 0.3) is 0 Å². The van der Waals surface area contributed by atoms with Crippen molar-refractivity contribution in [3.05, 3.63) is 53.6 Å². The van der Waals surface area contributed by atoms with Gasteiger partial charge in [0.2, 0.25) is 11.8 Å². The summed E-state index contributed by atoms with van der Waals surface area (Å²) in [6.07, 6.45) is 0.144. The molecular weight excluding hydrogens is 320 g/mol. The van der Waals surface area contributed by atoms with E-state index in [1.165, 1.54) is 7.11 Å². The zero-order chi connectivity index (χ0) is 18.2. The Morgan fingerprint density at radius 3 is 2.40 bits per heavy atom. The molecule has 2 N–H and O–H groups in total. The molecule has 132 valence electrons. The maximum Gasteiger partial charge on any atom is 0.243 e. The average Bonchev–Trinajstić information content (AvgIpc) is 2.60. The molecule has 6 nitrogen and oxygen atoms in total. The van der Waals surface area contributed by atoms with E-state index in [-0.39, 0.29) is 24.8 Å². The minimum atomic E-state index is -0.322. The molecule has 0 aliphatic rings. The van der Waals surface area contributed by atoms with Crippen LogP contribution in [0.1, 0.15) is 11.1 Å². The first kappa shape index (κ1) is 18.3. The fourth-order valence-corrected chi connectivity index (χ4v) is 2.38. The summed E-state index contributed by atoms with van der Waals surface area (Å²) in [6.45, 7) is 1.80. The molecule has 2 aromatic carbocycles. The standard InChI is InChI=1S/C19H22N2O4/c1-13-8-9-17(25-3)15(10-13)21-19(23)12-20-18(22)11-14-6-4-5-7-16(14)24-2/h4-10H,11-12H2,1-3H3,(H,20,22)(H,21,23). The van der Waals surface area contributed by atoms with E-state index in [4.69, 9.17) is 9.47 Å². The Balaban J connectivity index is 1.89. The highest BCUT2D eigenvalue weighted by Gasteiger charge is 2.11. The van der Waals surface area contributed by atoms with Crippen molar-refractivity contribution in [2.24, 2.45) is 0 Å². The Morgan fingerprint density at radius 1 is 0.960 bits per heavy atom. The molecule has 0 unspecified atom stereocenters. The topological polar surface area (TPSA) is 76.7 Å². The van der Waals surface area contributed by atoms with Gasteiger partial charge in [-0.05, 0) is 30.7 Å². The molecule has 0 fully saturated rings. The third-order valence-corrected chi connectivity index (χ3v) is 3.62. The predicted molar refractivity (Wildman–Crippen MR) is 96.1 cm³/mol. The van der Waals surface area contributed by atoms with Crippen LogP contribution >= 0.6 is 0 Å². The second-order valence-electron chi connectivity index (χ2n) is 5.52. The minimum absolute atomic E-state index is 0.120. The van der Waals surface area contributed by atoms with Gasteiger partial charge in [-0.2, -0.15) is 0 Å². The van der Waals surface area contributed by atoms with Crippen molar-refractivity contribution in [3.8, 4) is 11.5 Å². The number of hydrogen-bond acceptors (Lipinski definition) is 4. The second kappa shape index (κ2) is 8.73. The van der Waals surface area contributed by atoms with Crippen LogP contribution in [0, 0.1) is 6.92 Å². The molecule has 2 aromatic rings. The van der Waals surface area contributed by atoms with E-state index in [1.807, 2.05) is 37.3 Å². The fraction of sp³-hybridized carbons (Fsp3) is 0.263. The smallest absolute Gasteiger partial charge is 0.243 e.